The molecule has 0 aromatic carbocycles. The molecule has 0 saturated carbocycles. The highest BCUT2D eigenvalue weighted by Gasteiger charge is 2.29. The van der Waals surface area contributed by atoms with Crippen LogP contribution in [0.5, 0.6) is 0 Å². The minimum Gasteiger partial charge on any atom is -0.375 e. The van der Waals surface area contributed by atoms with Crippen LogP contribution >= 0.6 is 0 Å². The average Bonchev–Trinajstić information content (AvgIpc) is 2.81. The topological polar surface area (TPSA) is 42.7 Å². The lowest BCUT2D eigenvalue weighted by Crippen LogP contribution is -2.45. The second-order valence-electron chi connectivity index (χ2n) is 6.03. The van der Waals surface area contributed by atoms with E-state index in [0.717, 1.165) is 18.4 Å². The molecule has 2 aromatic heterocycles. The van der Waals surface area contributed by atoms with E-state index in [2.05, 4.69) is 19.2 Å². The van der Waals surface area contributed by atoms with Gasteiger partial charge in [0.25, 0.3) is 5.91 Å². The number of hydrogen-bond acceptors (Lipinski definition) is 2. The second kappa shape index (κ2) is 4.94. The Balaban J connectivity index is 1.72. The number of hydrogen-bond donors (Lipinski definition) is 1. The van der Waals surface area contributed by atoms with Crippen LogP contribution < -0.4 is 5.32 Å². The van der Waals surface area contributed by atoms with Crippen molar-refractivity contribution >= 4 is 11.4 Å². The largest absolute Gasteiger partial charge is 0.375 e. The number of amides is 1. The standard InChI is InChI=1S/C16H20N2O2/c1-16(2)10-13(6-8-20-16)17-15(19)12-9-14-5-3-4-7-18(14)11-12/h3-5,7,9,11,13H,6,8,10H2,1-2H3,(H,17,19). The molecule has 3 rings (SSSR count). The van der Waals surface area contributed by atoms with Crippen LogP contribution in [0.1, 0.15) is 37.0 Å². The summed E-state index contributed by atoms with van der Waals surface area (Å²) in [4.78, 5) is 12.3. The molecule has 1 N–H and O–H groups in total. The lowest BCUT2D eigenvalue weighted by atomic mass is 9.94. The zero-order chi connectivity index (χ0) is 14.2. The highest BCUT2D eigenvalue weighted by molar-refractivity contribution is 5.95. The first-order valence-electron chi connectivity index (χ1n) is 7.05. The summed E-state index contributed by atoms with van der Waals surface area (Å²) < 4.78 is 7.64. The third-order valence-corrected chi connectivity index (χ3v) is 3.80. The van der Waals surface area contributed by atoms with E-state index in [9.17, 15) is 4.79 Å². The summed E-state index contributed by atoms with van der Waals surface area (Å²) in [7, 11) is 0. The van der Waals surface area contributed by atoms with E-state index in [1.807, 2.05) is 41.1 Å². The molecule has 1 amide bonds. The summed E-state index contributed by atoms with van der Waals surface area (Å²) in [5, 5.41) is 3.12. The molecular weight excluding hydrogens is 252 g/mol. The van der Waals surface area contributed by atoms with Crippen molar-refractivity contribution in [3.05, 3.63) is 42.2 Å². The molecule has 1 unspecified atom stereocenters. The Morgan fingerprint density at radius 3 is 3.05 bits per heavy atom. The molecule has 1 saturated heterocycles. The van der Waals surface area contributed by atoms with E-state index in [1.54, 1.807) is 0 Å². The fourth-order valence-electron chi connectivity index (χ4n) is 2.80. The molecule has 2 aromatic rings. The van der Waals surface area contributed by atoms with Gasteiger partial charge in [0.2, 0.25) is 0 Å². The summed E-state index contributed by atoms with van der Waals surface area (Å²) in [5.41, 5.74) is 1.59. The summed E-state index contributed by atoms with van der Waals surface area (Å²) in [5.74, 6) is -0.00333. The van der Waals surface area contributed by atoms with Gasteiger partial charge in [0.05, 0.1) is 11.2 Å². The van der Waals surface area contributed by atoms with Crippen molar-refractivity contribution in [1.29, 1.82) is 0 Å². The maximum atomic E-state index is 12.3. The Hall–Kier alpha value is -1.81. The predicted octanol–water partition coefficient (Wildman–Crippen LogP) is 2.63. The molecule has 4 heteroatoms. The number of nitrogens with zero attached hydrogens (tertiary/aromatic N) is 1. The monoisotopic (exact) mass is 272 g/mol. The van der Waals surface area contributed by atoms with E-state index < -0.39 is 0 Å². The molecule has 0 spiro atoms. The zero-order valence-corrected chi connectivity index (χ0v) is 11.9. The van der Waals surface area contributed by atoms with Crippen LogP contribution in [0.25, 0.3) is 5.52 Å². The molecule has 4 nitrogen and oxygen atoms in total. The third kappa shape index (κ3) is 2.70. The van der Waals surface area contributed by atoms with Crippen LogP contribution in [0.15, 0.2) is 36.7 Å². The van der Waals surface area contributed by atoms with Crippen LogP contribution in [0, 0.1) is 0 Å². The molecular formula is C16H20N2O2. The Morgan fingerprint density at radius 2 is 2.30 bits per heavy atom. The van der Waals surface area contributed by atoms with Crippen molar-refractivity contribution in [2.75, 3.05) is 6.61 Å². The summed E-state index contributed by atoms with van der Waals surface area (Å²) in [6, 6.07) is 8.02. The highest BCUT2D eigenvalue weighted by Crippen LogP contribution is 2.24. The van der Waals surface area contributed by atoms with E-state index in [1.165, 1.54) is 0 Å². The van der Waals surface area contributed by atoms with Crippen LogP contribution in [0.2, 0.25) is 0 Å². The molecule has 1 aliphatic rings. The van der Waals surface area contributed by atoms with Crippen molar-refractivity contribution in [3.63, 3.8) is 0 Å². The molecule has 1 aliphatic heterocycles. The number of pyridine rings is 1. The van der Waals surface area contributed by atoms with Crippen molar-refractivity contribution < 1.29 is 9.53 Å². The van der Waals surface area contributed by atoms with Crippen molar-refractivity contribution in [3.8, 4) is 0 Å². The lowest BCUT2D eigenvalue weighted by Gasteiger charge is -2.35. The van der Waals surface area contributed by atoms with Gasteiger partial charge in [-0.3, -0.25) is 4.79 Å². The van der Waals surface area contributed by atoms with Gasteiger partial charge in [-0.15, -0.1) is 0 Å². The molecule has 1 fully saturated rings. The fourth-order valence-corrected chi connectivity index (χ4v) is 2.80. The predicted molar refractivity (Wildman–Crippen MR) is 77.9 cm³/mol. The van der Waals surface area contributed by atoms with Crippen molar-refractivity contribution in [1.82, 2.24) is 9.72 Å². The van der Waals surface area contributed by atoms with Gasteiger partial charge < -0.3 is 14.5 Å². The number of aromatic nitrogens is 1. The first-order chi connectivity index (χ1) is 9.53. The van der Waals surface area contributed by atoms with Gasteiger partial charge in [0.1, 0.15) is 0 Å². The zero-order valence-electron chi connectivity index (χ0n) is 11.9. The maximum Gasteiger partial charge on any atom is 0.253 e. The Morgan fingerprint density at radius 1 is 1.45 bits per heavy atom. The van der Waals surface area contributed by atoms with Gasteiger partial charge in [-0.1, -0.05) is 6.07 Å². The fraction of sp³-hybridized carbons (Fsp3) is 0.438. The number of nitrogens with one attached hydrogen (secondary N) is 1. The molecule has 0 bridgehead atoms. The smallest absolute Gasteiger partial charge is 0.253 e. The van der Waals surface area contributed by atoms with Gasteiger partial charge in [-0.2, -0.15) is 0 Å². The van der Waals surface area contributed by atoms with E-state index in [4.69, 9.17) is 4.74 Å². The number of ether oxygens (including phenoxy) is 1. The van der Waals surface area contributed by atoms with Gasteiger partial charge in [-0.25, -0.2) is 0 Å². The number of carbonyl (C=O) groups is 1. The summed E-state index contributed by atoms with van der Waals surface area (Å²) >= 11 is 0. The molecule has 0 radical (unpaired) electrons. The van der Waals surface area contributed by atoms with Gasteiger partial charge >= 0.3 is 0 Å². The number of rotatable bonds is 2. The highest BCUT2D eigenvalue weighted by atomic mass is 16.5. The van der Waals surface area contributed by atoms with Crippen LogP contribution in [0.3, 0.4) is 0 Å². The Kier molecular flexibility index (Phi) is 3.26. The van der Waals surface area contributed by atoms with Crippen molar-refractivity contribution in [2.45, 2.75) is 38.3 Å². The Labute approximate surface area is 118 Å². The van der Waals surface area contributed by atoms with E-state index in [-0.39, 0.29) is 17.6 Å². The molecule has 20 heavy (non-hydrogen) atoms. The quantitative estimate of drug-likeness (QED) is 0.913. The minimum atomic E-state index is -0.151. The lowest BCUT2D eigenvalue weighted by molar-refractivity contribution is -0.0615. The third-order valence-electron chi connectivity index (χ3n) is 3.80. The molecule has 1 atom stereocenters. The van der Waals surface area contributed by atoms with Crippen molar-refractivity contribution in [2.24, 2.45) is 0 Å². The van der Waals surface area contributed by atoms with Gasteiger partial charge in [0.15, 0.2) is 0 Å². The maximum absolute atomic E-state index is 12.3. The van der Waals surface area contributed by atoms with E-state index >= 15 is 0 Å². The van der Waals surface area contributed by atoms with E-state index in [0.29, 0.717) is 12.2 Å². The molecule has 3 heterocycles. The first-order valence-corrected chi connectivity index (χ1v) is 7.05. The normalized spacial score (nSPS) is 21.8. The SMILES string of the molecule is CC1(C)CC(NC(=O)c2cc3ccccn3c2)CCO1. The van der Waals surface area contributed by atoms with Crippen LogP contribution in [-0.2, 0) is 4.74 Å². The van der Waals surface area contributed by atoms with Crippen LogP contribution in [0.4, 0.5) is 0 Å². The Bertz CT molecular complexity index is 597. The van der Waals surface area contributed by atoms with Gasteiger partial charge in [0, 0.05) is 30.6 Å². The van der Waals surface area contributed by atoms with Gasteiger partial charge in [-0.05, 0) is 44.9 Å². The summed E-state index contributed by atoms with van der Waals surface area (Å²) in [6.45, 7) is 4.84. The molecule has 0 aliphatic carbocycles. The minimum absolute atomic E-state index is 0.00333. The molecule has 106 valence electrons. The summed E-state index contributed by atoms with van der Waals surface area (Å²) in [6.07, 6.45) is 5.55. The number of carbonyl (C=O) groups excluding carboxylic acids is 1. The average molecular weight is 272 g/mol. The first kappa shape index (κ1) is 13.2. The van der Waals surface area contributed by atoms with Crippen LogP contribution in [-0.4, -0.2) is 28.6 Å². The second-order valence-corrected chi connectivity index (χ2v) is 6.03. The number of fused-ring (bicyclic) bond motifs is 1.